The Labute approximate surface area is 86.9 Å². The van der Waals surface area contributed by atoms with Crippen molar-refractivity contribution < 1.29 is 10.2 Å². The fourth-order valence-corrected chi connectivity index (χ4v) is 2.05. The van der Waals surface area contributed by atoms with Gasteiger partial charge in [-0.3, -0.25) is 0 Å². The molecular formula is C8H13NO2S2. The van der Waals surface area contributed by atoms with E-state index >= 15 is 0 Å². The van der Waals surface area contributed by atoms with Gasteiger partial charge in [-0.05, 0) is 19.1 Å². The van der Waals surface area contributed by atoms with Crippen LogP contribution in [-0.4, -0.2) is 27.1 Å². The fraction of sp³-hybridized carbons (Fsp3) is 0.625. The first kappa shape index (κ1) is 11.0. The zero-order chi connectivity index (χ0) is 9.84. The van der Waals surface area contributed by atoms with Gasteiger partial charge in [0.2, 0.25) is 0 Å². The summed E-state index contributed by atoms with van der Waals surface area (Å²) in [5.41, 5.74) is 0. The van der Waals surface area contributed by atoms with Crippen LogP contribution in [0.4, 0.5) is 0 Å². The molecule has 3 nitrogen and oxygen atoms in total. The van der Waals surface area contributed by atoms with Gasteiger partial charge in [0.15, 0.2) is 0 Å². The number of aliphatic hydroxyl groups excluding tert-OH is 2. The van der Waals surface area contributed by atoms with Crippen molar-refractivity contribution in [1.29, 1.82) is 0 Å². The molecule has 2 unspecified atom stereocenters. The molecule has 0 aliphatic rings. The van der Waals surface area contributed by atoms with E-state index in [1.807, 2.05) is 6.92 Å². The number of aliphatic hydroxyl groups is 2. The molecule has 0 aliphatic heterocycles. The molecule has 1 rings (SSSR count). The molecule has 0 fully saturated rings. The van der Waals surface area contributed by atoms with Crippen LogP contribution in [0.3, 0.4) is 0 Å². The van der Waals surface area contributed by atoms with Crippen LogP contribution in [0.15, 0.2) is 6.20 Å². The maximum absolute atomic E-state index is 9.60. The van der Waals surface area contributed by atoms with Gasteiger partial charge in [0.25, 0.3) is 0 Å². The van der Waals surface area contributed by atoms with Crippen molar-refractivity contribution in [1.82, 2.24) is 4.98 Å². The van der Waals surface area contributed by atoms with Crippen LogP contribution in [0.5, 0.6) is 0 Å². The molecule has 1 aromatic rings. The van der Waals surface area contributed by atoms with Gasteiger partial charge in [-0.15, -0.1) is 11.3 Å². The summed E-state index contributed by atoms with van der Waals surface area (Å²) in [4.78, 5) is 5.04. The molecule has 0 bridgehead atoms. The van der Waals surface area contributed by atoms with Gasteiger partial charge in [0, 0.05) is 11.1 Å². The van der Waals surface area contributed by atoms with Crippen molar-refractivity contribution >= 4 is 24.0 Å². The van der Waals surface area contributed by atoms with Crippen molar-refractivity contribution in [2.45, 2.75) is 25.6 Å². The number of rotatable bonds is 4. The minimum Gasteiger partial charge on any atom is -0.390 e. The maximum atomic E-state index is 9.60. The second-order valence-corrected chi connectivity index (χ2v) is 4.55. The molecule has 2 atom stereocenters. The number of thiol groups is 1. The Kier molecular flexibility index (Phi) is 4.18. The molecule has 0 aliphatic carbocycles. The predicted octanol–water partition coefficient (Wildman–Crippen LogP) is 1.17. The summed E-state index contributed by atoms with van der Waals surface area (Å²) >= 11 is 5.39. The largest absolute Gasteiger partial charge is 0.390 e. The van der Waals surface area contributed by atoms with E-state index in [-0.39, 0.29) is 0 Å². The summed E-state index contributed by atoms with van der Waals surface area (Å²) in [5, 5.41) is 19.6. The molecule has 0 aromatic carbocycles. The van der Waals surface area contributed by atoms with E-state index in [2.05, 4.69) is 17.6 Å². The van der Waals surface area contributed by atoms with Crippen LogP contribution in [0.2, 0.25) is 0 Å². The number of nitrogens with zero attached hydrogens (tertiary/aromatic N) is 1. The molecule has 0 amide bonds. The van der Waals surface area contributed by atoms with Gasteiger partial charge in [-0.25, -0.2) is 4.98 Å². The van der Waals surface area contributed by atoms with Gasteiger partial charge in [0.05, 0.1) is 6.10 Å². The Morgan fingerprint density at radius 2 is 2.31 bits per heavy atom. The third kappa shape index (κ3) is 2.95. The van der Waals surface area contributed by atoms with E-state index in [1.165, 1.54) is 11.3 Å². The third-order valence-electron chi connectivity index (χ3n) is 1.68. The van der Waals surface area contributed by atoms with Crippen LogP contribution < -0.4 is 0 Å². The third-order valence-corrected chi connectivity index (χ3v) is 2.92. The summed E-state index contributed by atoms with van der Waals surface area (Å²) in [5.74, 6) is 0.558. The predicted molar refractivity (Wildman–Crippen MR) is 56.3 cm³/mol. The lowest BCUT2D eigenvalue weighted by molar-refractivity contribution is 0.0171. The van der Waals surface area contributed by atoms with Crippen molar-refractivity contribution in [2.24, 2.45) is 0 Å². The van der Waals surface area contributed by atoms with E-state index in [0.29, 0.717) is 17.2 Å². The first-order chi connectivity index (χ1) is 6.15. The van der Waals surface area contributed by atoms with E-state index in [1.54, 1.807) is 6.20 Å². The molecule has 2 N–H and O–H groups in total. The lowest BCUT2D eigenvalue weighted by Gasteiger charge is -2.13. The van der Waals surface area contributed by atoms with Crippen molar-refractivity contribution in [3.8, 4) is 0 Å². The van der Waals surface area contributed by atoms with Crippen molar-refractivity contribution in [3.63, 3.8) is 0 Å². The van der Waals surface area contributed by atoms with Gasteiger partial charge in [-0.2, -0.15) is 12.6 Å². The molecule has 5 heteroatoms. The van der Waals surface area contributed by atoms with Gasteiger partial charge in [0.1, 0.15) is 11.1 Å². The minimum atomic E-state index is -0.870. The number of hydrogen-bond acceptors (Lipinski definition) is 5. The molecule has 0 saturated carbocycles. The normalized spacial score (nSPS) is 15.7. The SMILES string of the molecule is Cc1cnc(C(O)C(O)CCS)s1. The van der Waals surface area contributed by atoms with Crippen LogP contribution in [0, 0.1) is 6.92 Å². The maximum Gasteiger partial charge on any atom is 0.131 e. The molecule has 0 spiro atoms. The Morgan fingerprint density at radius 1 is 1.62 bits per heavy atom. The van der Waals surface area contributed by atoms with Gasteiger partial charge < -0.3 is 10.2 Å². The fourth-order valence-electron chi connectivity index (χ4n) is 0.964. The highest BCUT2D eigenvalue weighted by Gasteiger charge is 2.20. The quantitative estimate of drug-likeness (QED) is 0.666. The number of hydrogen-bond donors (Lipinski definition) is 3. The summed E-state index contributed by atoms with van der Waals surface area (Å²) in [7, 11) is 0. The second kappa shape index (κ2) is 4.95. The molecular weight excluding hydrogens is 206 g/mol. The average molecular weight is 219 g/mol. The summed E-state index contributed by atoms with van der Waals surface area (Å²) in [6.07, 6.45) is 0.536. The summed E-state index contributed by atoms with van der Waals surface area (Å²) in [6.45, 7) is 1.92. The minimum absolute atomic E-state index is 0.475. The average Bonchev–Trinajstić information content (AvgIpc) is 2.51. The molecule has 74 valence electrons. The van der Waals surface area contributed by atoms with E-state index in [4.69, 9.17) is 0 Å². The standard InChI is InChI=1S/C8H13NO2S2/c1-5-4-9-8(13-5)7(11)6(10)2-3-12/h4,6-7,10-12H,2-3H2,1H3. The monoisotopic (exact) mass is 219 g/mol. The van der Waals surface area contributed by atoms with Crippen molar-refractivity contribution in [2.75, 3.05) is 5.75 Å². The van der Waals surface area contributed by atoms with Crippen LogP contribution in [-0.2, 0) is 0 Å². The van der Waals surface area contributed by atoms with Gasteiger partial charge in [-0.1, -0.05) is 0 Å². The number of aromatic nitrogens is 1. The Balaban J connectivity index is 2.61. The highest BCUT2D eigenvalue weighted by atomic mass is 32.1. The van der Waals surface area contributed by atoms with Crippen LogP contribution >= 0.6 is 24.0 Å². The van der Waals surface area contributed by atoms with E-state index in [0.717, 1.165) is 4.88 Å². The molecule has 0 radical (unpaired) electrons. The molecule has 13 heavy (non-hydrogen) atoms. The topological polar surface area (TPSA) is 53.4 Å². The van der Waals surface area contributed by atoms with Crippen LogP contribution in [0.1, 0.15) is 22.4 Å². The highest BCUT2D eigenvalue weighted by Crippen LogP contribution is 2.23. The molecule has 0 saturated heterocycles. The number of aryl methyl sites for hydroxylation is 1. The van der Waals surface area contributed by atoms with Gasteiger partial charge >= 0.3 is 0 Å². The zero-order valence-corrected chi connectivity index (χ0v) is 9.05. The summed E-state index contributed by atoms with van der Waals surface area (Å²) < 4.78 is 0. The molecule has 1 aromatic heterocycles. The first-order valence-electron chi connectivity index (χ1n) is 4.04. The van der Waals surface area contributed by atoms with E-state index < -0.39 is 12.2 Å². The second-order valence-electron chi connectivity index (χ2n) is 2.83. The Morgan fingerprint density at radius 3 is 2.77 bits per heavy atom. The Bertz CT molecular complexity index is 264. The molecule has 1 heterocycles. The summed E-state index contributed by atoms with van der Waals surface area (Å²) in [6, 6.07) is 0. The lowest BCUT2D eigenvalue weighted by Crippen LogP contribution is -2.18. The highest BCUT2D eigenvalue weighted by molar-refractivity contribution is 7.80. The Hall–Kier alpha value is -0.100. The number of thiazole rings is 1. The lowest BCUT2D eigenvalue weighted by atomic mass is 10.2. The van der Waals surface area contributed by atoms with E-state index in [9.17, 15) is 10.2 Å². The van der Waals surface area contributed by atoms with Crippen LogP contribution in [0.25, 0.3) is 0 Å². The smallest absolute Gasteiger partial charge is 0.131 e. The zero-order valence-electron chi connectivity index (χ0n) is 7.34. The first-order valence-corrected chi connectivity index (χ1v) is 5.49. The van der Waals surface area contributed by atoms with Crippen molar-refractivity contribution in [3.05, 3.63) is 16.1 Å².